The number of nitrogens with one attached hydrogen (secondary N) is 3. The van der Waals surface area contributed by atoms with Crippen LogP contribution >= 0.6 is 11.8 Å². The summed E-state index contributed by atoms with van der Waals surface area (Å²) in [5.74, 6) is 0.736. The van der Waals surface area contributed by atoms with Crippen LogP contribution in [0.3, 0.4) is 0 Å². The number of aryl methyl sites for hydroxylation is 1. The maximum absolute atomic E-state index is 12.5. The summed E-state index contributed by atoms with van der Waals surface area (Å²) in [4.78, 5) is 23.9. The fourth-order valence-corrected chi connectivity index (χ4v) is 4.47. The van der Waals surface area contributed by atoms with Gasteiger partial charge >= 0.3 is 0 Å². The van der Waals surface area contributed by atoms with Crippen LogP contribution in [0.4, 0.5) is 11.6 Å². The molecule has 1 atom stereocenters. The molecule has 150 valence electrons. The monoisotopic (exact) mass is 424 g/mol. The van der Waals surface area contributed by atoms with Crippen molar-refractivity contribution in [2.45, 2.75) is 31.2 Å². The molecule has 0 spiro atoms. The number of hydrogen-bond acceptors (Lipinski definition) is 7. The molecular weight excluding hydrogens is 404 g/mol. The number of anilines is 2. The quantitative estimate of drug-likeness (QED) is 0.665. The van der Waals surface area contributed by atoms with Crippen molar-refractivity contribution < 1.29 is 22.5 Å². The first-order valence-corrected chi connectivity index (χ1v) is 11.1. The lowest BCUT2D eigenvalue weighted by atomic mass is 10.2. The summed E-state index contributed by atoms with van der Waals surface area (Å²) in [6.07, 6.45) is 0.387. The Hall–Kier alpha value is -2.53. The fraction of sp³-hybridized carbons (Fsp3) is 0.353. The second-order valence-electron chi connectivity index (χ2n) is 6.29. The highest BCUT2D eigenvalue weighted by molar-refractivity contribution is 7.99. The van der Waals surface area contributed by atoms with Crippen molar-refractivity contribution in [3.05, 3.63) is 35.5 Å². The SMILES string of the molecule is Cc1noc(NS(=O)(=O)c2ccc(NC(=O)C3CSCCC(=O)N3)cc2)c1C. The third-order valence-corrected chi connectivity index (χ3v) is 6.63. The zero-order valence-electron chi connectivity index (χ0n) is 15.3. The number of benzene rings is 1. The van der Waals surface area contributed by atoms with Crippen LogP contribution in [0.15, 0.2) is 33.7 Å². The molecule has 1 saturated heterocycles. The van der Waals surface area contributed by atoms with Crippen molar-refractivity contribution in [2.24, 2.45) is 0 Å². The Labute approximate surface area is 166 Å². The van der Waals surface area contributed by atoms with E-state index in [1.54, 1.807) is 13.8 Å². The number of amides is 2. The topological polar surface area (TPSA) is 130 Å². The maximum atomic E-state index is 12.5. The Bertz CT molecular complexity index is 985. The lowest BCUT2D eigenvalue weighted by Gasteiger charge is -2.15. The maximum Gasteiger partial charge on any atom is 0.264 e. The summed E-state index contributed by atoms with van der Waals surface area (Å²) < 4.78 is 32.3. The van der Waals surface area contributed by atoms with E-state index in [9.17, 15) is 18.0 Å². The van der Waals surface area contributed by atoms with Gasteiger partial charge in [-0.3, -0.25) is 9.59 Å². The third-order valence-electron chi connectivity index (χ3n) is 4.23. The third kappa shape index (κ3) is 4.65. The van der Waals surface area contributed by atoms with E-state index in [2.05, 4.69) is 20.5 Å². The Morgan fingerprint density at radius 1 is 1.29 bits per heavy atom. The molecule has 2 amide bonds. The molecule has 9 nitrogen and oxygen atoms in total. The van der Waals surface area contributed by atoms with Gasteiger partial charge in [-0.2, -0.15) is 11.8 Å². The van der Waals surface area contributed by atoms with Crippen molar-refractivity contribution in [3.8, 4) is 0 Å². The number of carbonyl (C=O) groups excluding carboxylic acids is 2. The number of thioether (sulfide) groups is 1. The lowest BCUT2D eigenvalue weighted by Crippen LogP contribution is -2.44. The number of sulfonamides is 1. The predicted molar refractivity (Wildman–Crippen MR) is 106 cm³/mol. The molecule has 1 unspecified atom stereocenters. The molecule has 3 N–H and O–H groups in total. The molecule has 2 aromatic rings. The van der Waals surface area contributed by atoms with Crippen molar-refractivity contribution >= 4 is 45.2 Å². The smallest absolute Gasteiger partial charge is 0.264 e. The van der Waals surface area contributed by atoms with E-state index in [0.29, 0.717) is 34.9 Å². The van der Waals surface area contributed by atoms with Gasteiger partial charge in [0.25, 0.3) is 10.0 Å². The van der Waals surface area contributed by atoms with Crippen molar-refractivity contribution in [3.63, 3.8) is 0 Å². The molecule has 1 aromatic heterocycles. The highest BCUT2D eigenvalue weighted by Crippen LogP contribution is 2.22. The molecule has 0 saturated carbocycles. The normalized spacial score (nSPS) is 17.5. The van der Waals surface area contributed by atoms with Gasteiger partial charge < -0.3 is 15.2 Å². The molecular formula is C17H20N4O5S2. The van der Waals surface area contributed by atoms with Gasteiger partial charge in [-0.05, 0) is 38.1 Å². The van der Waals surface area contributed by atoms with E-state index >= 15 is 0 Å². The molecule has 28 heavy (non-hydrogen) atoms. The van der Waals surface area contributed by atoms with Crippen LogP contribution < -0.4 is 15.4 Å². The zero-order chi connectivity index (χ0) is 20.3. The van der Waals surface area contributed by atoms with E-state index in [0.717, 1.165) is 0 Å². The Morgan fingerprint density at radius 2 is 2.00 bits per heavy atom. The number of rotatable bonds is 5. The van der Waals surface area contributed by atoms with Crippen LogP contribution in [0.5, 0.6) is 0 Å². The number of hydrogen-bond donors (Lipinski definition) is 3. The van der Waals surface area contributed by atoms with Crippen LogP contribution in [0.25, 0.3) is 0 Å². The van der Waals surface area contributed by atoms with E-state index in [4.69, 9.17) is 4.52 Å². The Morgan fingerprint density at radius 3 is 2.64 bits per heavy atom. The van der Waals surface area contributed by atoms with E-state index in [1.807, 2.05) is 0 Å². The van der Waals surface area contributed by atoms with Gasteiger partial charge in [-0.15, -0.1) is 0 Å². The fourth-order valence-electron chi connectivity index (χ4n) is 2.45. The van der Waals surface area contributed by atoms with E-state index in [-0.39, 0.29) is 22.6 Å². The molecule has 11 heteroatoms. The summed E-state index contributed by atoms with van der Waals surface area (Å²) in [7, 11) is -3.86. The summed E-state index contributed by atoms with van der Waals surface area (Å²) in [6.45, 7) is 3.41. The highest BCUT2D eigenvalue weighted by Gasteiger charge is 2.24. The number of carbonyl (C=O) groups is 2. The molecule has 2 heterocycles. The lowest BCUT2D eigenvalue weighted by molar-refractivity contribution is -0.125. The van der Waals surface area contributed by atoms with Gasteiger partial charge in [0.05, 0.1) is 10.6 Å². The minimum atomic E-state index is -3.86. The van der Waals surface area contributed by atoms with Crippen molar-refractivity contribution in [1.82, 2.24) is 10.5 Å². The van der Waals surface area contributed by atoms with Crippen LogP contribution in [0.1, 0.15) is 17.7 Å². The minimum Gasteiger partial charge on any atom is -0.343 e. The Kier molecular flexibility index (Phi) is 5.94. The average Bonchev–Trinajstić information content (AvgIpc) is 2.85. The van der Waals surface area contributed by atoms with Gasteiger partial charge in [0.2, 0.25) is 17.7 Å². The first kappa shape index (κ1) is 20.2. The zero-order valence-corrected chi connectivity index (χ0v) is 16.9. The van der Waals surface area contributed by atoms with E-state index < -0.39 is 16.1 Å². The van der Waals surface area contributed by atoms with Gasteiger partial charge in [0.1, 0.15) is 6.04 Å². The molecule has 0 aliphatic carbocycles. The minimum absolute atomic E-state index is 0.0114. The number of aromatic nitrogens is 1. The first-order valence-electron chi connectivity index (χ1n) is 8.50. The second kappa shape index (κ2) is 8.23. The van der Waals surface area contributed by atoms with E-state index in [1.165, 1.54) is 36.0 Å². The van der Waals surface area contributed by atoms with Gasteiger partial charge in [0, 0.05) is 29.2 Å². The average molecular weight is 425 g/mol. The molecule has 1 aromatic carbocycles. The predicted octanol–water partition coefficient (Wildman–Crippen LogP) is 1.65. The summed E-state index contributed by atoms with van der Waals surface area (Å²) >= 11 is 1.53. The van der Waals surface area contributed by atoms with Gasteiger partial charge in [-0.25, -0.2) is 13.1 Å². The van der Waals surface area contributed by atoms with Crippen molar-refractivity contribution in [1.29, 1.82) is 0 Å². The van der Waals surface area contributed by atoms with Gasteiger partial charge in [-0.1, -0.05) is 5.16 Å². The molecule has 3 rings (SSSR count). The standard InChI is InChI=1S/C17H20N4O5S2/c1-10-11(2)20-26-17(10)21-28(24,25)13-5-3-12(4-6-13)18-16(23)14-9-27-8-7-15(22)19-14/h3-6,14,21H,7-9H2,1-2H3,(H,18,23)(H,19,22). The first-order chi connectivity index (χ1) is 13.3. The largest absolute Gasteiger partial charge is 0.343 e. The summed E-state index contributed by atoms with van der Waals surface area (Å²) in [5, 5.41) is 9.08. The second-order valence-corrected chi connectivity index (χ2v) is 9.12. The van der Waals surface area contributed by atoms with Crippen LogP contribution in [0, 0.1) is 13.8 Å². The van der Waals surface area contributed by atoms with Crippen LogP contribution in [-0.2, 0) is 19.6 Å². The molecule has 1 aliphatic rings. The molecule has 0 radical (unpaired) electrons. The Balaban J connectivity index is 1.68. The molecule has 1 aliphatic heterocycles. The highest BCUT2D eigenvalue weighted by atomic mass is 32.2. The van der Waals surface area contributed by atoms with Gasteiger partial charge in [0.15, 0.2) is 0 Å². The summed E-state index contributed by atoms with van der Waals surface area (Å²) in [5.41, 5.74) is 1.63. The molecule has 1 fully saturated rings. The summed E-state index contributed by atoms with van der Waals surface area (Å²) in [6, 6.07) is 5.09. The number of nitrogens with zero attached hydrogens (tertiary/aromatic N) is 1. The van der Waals surface area contributed by atoms with Crippen LogP contribution in [0.2, 0.25) is 0 Å². The molecule has 0 bridgehead atoms. The van der Waals surface area contributed by atoms with Crippen LogP contribution in [-0.4, -0.2) is 42.9 Å². The van der Waals surface area contributed by atoms with Crippen molar-refractivity contribution in [2.75, 3.05) is 21.5 Å².